The van der Waals surface area contributed by atoms with Crippen LogP contribution in [-0.4, -0.2) is 38.3 Å². The van der Waals surface area contributed by atoms with Gasteiger partial charge in [0.25, 0.3) is 5.91 Å². The Balaban J connectivity index is 2.38. The van der Waals surface area contributed by atoms with E-state index in [1.165, 1.54) is 0 Å². The van der Waals surface area contributed by atoms with Crippen molar-refractivity contribution in [3.05, 3.63) is 23.8 Å². The van der Waals surface area contributed by atoms with Crippen molar-refractivity contribution in [1.29, 1.82) is 0 Å². The Morgan fingerprint density at radius 3 is 3.00 bits per heavy atom. The number of benzene rings is 1. The first kappa shape index (κ1) is 11.9. The van der Waals surface area contributed by atoms with Crippen molar-refractivity contribution >= 4 is 11.6 Å². The summed E-state index contributed by atoms with van der Waals surface area (Å²) in [5.74, 6) is 0.628. The van der Waals surface area contributed by atoms with Crippen LogP contribution in [0.2, 0.25) is 0 Å². The zero-order chi connectivity index (χ0) is 12.4. The normalized spacial score (nSPS) is 16.4. The average Bonchev–Trinajstić information content (AvgIpc) is 2.36. The number of ether oxygens (including phenoxy) is 1. The summed E-state index contributed by atoms with van der Waals surface area (Å²) < 4.78 is 5.33. The van der Waals surface area contributed by atoms with Crippen molar-refractivity contribution in [2.45, 2.75) is 6.04 Å². The van der Waals surface area contributed by atoms with Crippen molar-refractivity contribution in [3.63, 3.8) is 0 Å². The third-order valence-corrected chi connectivity index (χ3v) is 3.00. The number of rotatable bonds is 3. The molecule has 0 radical (unpaired) electrons. The molecule has 0 bridgehead atoms. The summed E-state index contributed by atoms with van der Waals surface area (Å²) in [5.41, 5.74) is 1.67. The van der Waals surface area contributed by atoms with Crippen LogP contribution in [0.5, 0.6) is 5.75 Å². The van der Waals surface area contributed by atoms with Gasteiger partial charge in [-0.3, -0.25) is 4.79 Å². The maximum absolute atomic E-state index is 11.5. The second-order valence-corrected chi connectivity index (χ2v) is 3.99. The highest BCUT2D eigenvalue weighted by atomic mass is 16.5. The first-order valence-corrected chi connectivity index (χ1v) is 5.48. The molecule has 1 aliphatic rings. The molecule has 1 aromatic carbocycles. The molecule has 1 aliphatic heterocycles. The molecule has 0 aliphatic carbocycles. The zero-order valence-corrected chi connectivity index (χ0v) is 9.93. The van der Waals surface area contributed by atoms with E-state index in [4.69, 9.17) is 4.74 Å². The first-order chi connectivity index (χ1) is 8.17. The van der Waals surface area contributed by atoms with Crippen LogP contribution >= 0.6 is 0 Å². The highest BCUT2D eigenvalue weighted by Crippen LogP contribution is 2.33. The third kappa shape index (κ3) is 2.11. The van der Waals surface area contributed by atoms with Crippen molar-refractivity contribution < 1.29 is 14.6 Å². The number of fused-ring (bicyclic) bond motifs is 1. The number of aliphatic hydroxyl groups is 1. The number of hydrogen-bond donors (Lipinski definition) is 2. The topological polar surface area (TPSA) is 61.8 Å². The molecule has 1 atom stereocenters. The van der Waals surface area contributed by atoms with Gasteiger partial charge in [0.2, 0.25) is 0 Å². The fraction of sp³-hybridized carbons (Fsp3) is 0.417. The van der Waals surface area contributed by atoms with Crippen LogP contribution in [-0.2, 0) is 4.79 Å². The molecule has 1 heterocycles. The highest BCUT2D eigenvalue weighted by Gasteiger charge is 2.23. The molecule has 5 nitrogen and oxygen atoms in total. The molecule has 2 N–H and O–H groups in total. The number of nitrogens with zero attached hydrogens (tertiary/aromatic N) is 1. The summed E-state index contributed by atoms with van der Waals surface area (Å²) in [6, 6.07) is 5.45. The minimum atomic E-state index is -0.134. The van der Waals surface area contributed by atoms with Crippen LogP contribution < -0.4 is 15.0 Å². The number of anilines is 1. The Kier molecular flexibility index (Phi) is 3.31. The Morgan fingerprint density at radius 2 is 2.35 bits per heavy atom. The van der Waals surface area contributed by atoms with Gasteiger partial charge in [0.1, 0.15) is 5.75 Å². The number of hydrogen-bond acceptors (Lipinski definition) is 4. The summed E-state index contributed by atoms with van der Waals surface area (Å²) in [6.45, 7) is 0.0894. The lowest BCUT2D eigenvalue weighted by atomic mass is 10.1. The fourth-order valence-corrected chi connectivity index (χ4v) is 1.87. The second kappa shape index (κ2) is 4.73. The molecule has 0 fully saturated rings. The number of carbonyl (C=O) groups is 1. The van der Waals surface area contributed by atoms with Crippen LogP contribution in [0.25, 0.3) is 0 Å². The Bertz CT molecular complexity index is 430. The van der Waals surface area contributed by atoms with Crippen molar-refractivity contribution in [3.8, 4) is 5.75 Å². The van der Waals surface area contributed by atoms with Crippen LogP contribution in [0.3, 0.4) is 0 Å². The van der Waals surface area contributed by atoms with Gasteiger partial charge in [0, 0.05) is 7.05 Å². The highest BCUT2D eigenvalue weighted by molar-refractivity contribution is 5.97. The summed E-state index contributed by atoms with van der Waals surface area (Å²) in [5, 5.41) is 12.2. The number of amides is 1. The average molecular weight is 236 g/mol. The Labute approximate surface area is 100.0 Å². The second-order valence-electron chi connectivity index (χ2n) is 3.99. The standard InChI is InChI=1S/C12H16N2O3/c1-13-9(6-15)8-3-4-11-10(5-8)14(2)12(16)7-17-11/h3-5,9,13,15H,6-7H2,1-2H3. The van der Waals surface area contributed by atoms with Gasteiger partial charge in [-0.05, 0) is 24.7 Å². The van der Waals surface area contributed by atoms with E-state index < -0.39 is 0 Å². The molecule has 0 saturated heterocycles. The largest absolute Gasteiger partial charge is 0.482 e. The smallest absolute Gasteiger partial charge is 0.264 e. The van der Waals surface area contributed by atoms with Gasteiger partial charge in [-0.2, -0.15) is 0 Å². The molecule has 0 aromatic heterocycles. The summed E-state index contributed by atoms with van der Waals surface area (Å²) >= 11 is 0. The zero-order valence-electron chi connectivity index (χ0n) is 9.93. The SMILES string of the molecule is CNC(CO)c1ccc2c(c1)N(C)C(=O)CO2. The van der Waals surface area contributed by atoms with Crippen LogP contribution in [0.4, 0.5) is 5.69 Å². The Morgan fingerprint density at radius 1 is 1.59 bits per heavy atom. The van der Waals surface area contributed by atoms with Gasteiger partial charge in [0.05, 0.1) is 18.3 Å². The molecule has 92 valence electrons. The van der Waals surface area contributed by atoms with E-state index in [1.54, 1.807) is 19.0 Å². The van der Waals surface area contributed by atoms with Crippen molar-refractivity contribution in [1.82, 2.24) is 5.32 Å². The van der Waals surface area contributed by atoms with Crippen molar-refractivity contribution in [2.75, 3.05) is 32.2 Å². The Hall–Kier alpha value is -1.59. The molecular weight excluding hydrogens is 220 g/mol. The number of carbonyl (C=O) groups excluding carboxylic acids is 1. The lowest BCUT2D eigenvalue weighted by Crippen LogP contribution is -2.35. The van der Waals surface area contributed by atoms with Gasteiger partial charge in [-0.1, -0.05) is 6.07 Å². The van der Waals surface area contributed by atoms with Crippen LogP contribution in [0, 0.1) is 0 Å². The van der Waals surface area contributed by atoms with Crippen LogP contribution in [0.1, 0.15) is 11.6 Å². The monoisotopic (exact) mass is 236 g/mol. The molecule has 17 heavy (non-hydrogen) atoms. The minimum Gasteiger partial charge on any atom is -0.482 e. The maximum atomic E-state index is 11.5. The van der Waals surface area contributed by atoms with E-state index in [0.717, 1.165) is 11.3 Å². The van der Waals surface area contributed by atoms with E-state index in [0.29, 0.717) is 5.75 Å². The lowest BCUT2D eigenvalue weighted by molar-refractivity contribution is -0.120. The molecule has 0 spiro atoms. The minimum absolute atomic E-state index is 0.00774. The molecule has 1 amide bonds. The van der Waals surface area contributed by atoms with E-state index in [-0.39, 0.29) is 25.2 Å². The molecule has 1 unspecified atom stereocenters. The van der Waals surface area contributed by atoms with Gasteiger partial charge < -0.3 is 20.1 Å². The molecule has 2 rings (SSSR count). The maximum Gasteiger partial charge on any atom is 0.264 e. The third-order valence-electron chi connectivity index (χ3n) is 3.00. The predicted octanol–water partition coefficient (Wildman–Crippen LogP) is 0.295. The van der Waals surface area contributed by atoms with E-state index >= 15 is 0 Å². The van der Waals surface area contributed by atoms with E-state index in [9.17, 15) is 9.90 Å². The summed E-state index contributed by atoms with van der Waals surface area (Å²) in [7, 11) is 3.51. The quantitative estimate of drug-likeness (QED) is 0.792. The molecule has 1 aromatic rings. The van der Waals surface area contributed by atoms with Gasteiger partial charge in [-0.15, -0.1) is 0 Å². The predicted molar refractivity (Wildman–Crippen MR) is 64.2 cm³/mol. The van der Waals surface area contributed by atoms with E-state index in [2.05, 4.69) is 5.32 Å². The fourth-order valence-electron chi connectivity index (χ4n) is 1.87. The molecular formula is C12H16N2O3. The molecule has 5 heteroatoms. The number of nitrogens with one attached hydrogen (secondary N) is 1. The summed E-state index contributed by atoms with van der Waals surface area (Å²) in [6.07, 6.45) is 0. The lowest BCUT2D eigenvalue weighted by Gasteiger charge is -2.27. The number of aliphatic hydroxyl groups excluding tert-OH is 1. The number of likely N-dealkylation sites (N-methyl/N-ethyl adjacent to an activating group) is 2. The van der Waals surface area contributed by atoms with Gasteiger partial charge in [0.15, 0.2) is 6.61 Å². The molecule has 0 saturated carbocycles. The van der Waals surface area contributed by atoms with Crippen molar-refractivity contribution in [2.24, 2.45) is 0 Å². The van der Waals surface area contributed by atoms with Gasteiger partial charge in [-0.25, -0.2) is 0 Å². The summed E-state index contributed by atoms with van der Waals surface area (Å²) in [4.78, 5) is 13.1. The van der Waals surface area contributed by atoms with Gasteiger partial charge >= 0.3 is 0 Å². The van der Waals surface area contributed by atoms with E-state index in [1.807, 2.05) is 18.2 Å². The van der Waals surface area contributed by atoms with Crippen LogP contribution in [0.15, 0.2) is 18.2 Å². The first-order valence-electron chi connectivity index (χ1n) is 5.48.